The van der Waals surface area contributed by atoms with Crippen LogP contribution in [0.5, 0.6) is 0 Å². The Labute approximate surface area is 155 Å². The number of esters is 1. The first-order chi connectivity index (χ1) is 12.8. The number of ether oxygens (including phenoxy) is 1. The molecule has 2 aromatic heterocycles. The van der Waals surface area contributed by atoms with E-state index in [1.165, 1.54) is 11.2 Å². The maximum absolute atomic E-state index is 12.6. The van der Waals surface area contributed by atoms with Crippen molar-refractivity contribution in [2.75, 3.05) is 11.6 Å². The number of anilines is 1. The molecule has 0 aromatic carbocycles. The van der Waals surface area contributed by atoms with Crippen LogP contribution in [-0.2, 0) is 22.3 Å². The van der Waals surface area contributed by atoms with Crippen LogP contribution >= 0.6 is 11.6 Å². The number of alkyl halides is 3. The minimum atomic E-state index is -4.70. The van der Waals surface area contributed by atoms with Gasteiger partial charge < -0.3 is 4.74 Å². The fraction of sp³-hybridized carbons (Fsp3) is 0.429. The average molecular weight is 404 g/mol. The van der Waals surface area contributed by atoms with E-state index >= 15 is 0 Å². The third kappa shape index (κ3) is 4.15. The number of halogens is 4. The van der Waals surface area contributed by atoms with Gasteiger partial charge in [0.25, 0.3) is 5.82 Å². The monoisotopic (exact) mass is 403 g/mol. The number of hydrogen-bond acceptors (Lipinski definition) is 8. The third-order valence-corrected chi connectivity index (χ3v) is 3.81. The normalized spacial score (nSPS) is 17.1. The maximum atomic E-state index is 12.6. The van der Waals surface area contributed by atoms with Crippen molar-refractivity contribution in [3.63, 3.8) is 0 Å². The van der Waals surface area contributed by atoms with E-state index in [0.29, 0.717) is 5.71 Å². The van der Waals surface area contributed by atoms with E-state index in [1.807, 2.05) is 0 Å². The van der Waals surface area contributed by atoms with Crippen LogP contribution in [0.15, 0.2) is 23.4 Å². The molecule has 144 valence electrons. The van der Waals surface area contributed by atoms with Gasteiger partial charge >= 0.3 is 12.1 Å². The maximum Gasteiger partial charge on any atom is 0.455 e. The van der Waals surface area contributed by atoms with E-state index in [4.69, 9.17) is 16.3 Å². The van der Waals surface area contributed by atoms with Gasteiger partial charge in [-0.05, 0) is 24.3 Å². The van der Waals surface area contributed by atoms with Crippen LogP contribution in [0.1, 0.15) is 19.2 Å². The van der Waals surface area contributed by atoms with Gasteiger partial charge in [0.2, 0.25) is 0 Å². The Kier molecular flexibility index (Phi) is 5.26. The number of nitrogens with zero attached hydrogens (tertiary/aromatic N) is 7. The predicted molar refractivity (Wildman–Crippen MR) is 87.0 cm³/mol. The highest BCUT2D eigenvalue weighted by molar-refractivity contribution is 6.33. The summed E-state index contributed by atoms with van der Waals surface area (Å²) in [6, 6.07) is 2.34. The molecule has 0 bridgehead atoms. The van der Waals surface area contributed by atoms with Crippen molar-refractivity contribution in [3.05, 3.63) is 29.2 Å². The van der Waals surface area contributed by atoms with Gasteiger partial charge in [-0.25, -0.2) is 14.8 Å². The third-order valence-electron chi connectivity index (χ3n) is 3.52. The minimum Gasteiger partial charge on any atom is -0.464 e. The highest BCUT2D eigenvalue weighted by Crippen LogP contribution is 2.30. The zero-order valence-electron chi connectivity index (χ0n) is 13.9. The van der Waals surface area contributed by atoms with Crippen molar-refractivity contribution in [2.45, 2.75) is 32.1 Å². The number of carbonyl (C=O) groups excluding carboxylic acids is 1. The minimum absolute atomic E-state index is 0.0919. The molecule has 0 radical (unpaired) electrons. The molecule has 3 heterocycles. The van der Waals surface area contributed by atoms with Crippen LogP contribution in [0.25, 0.3) is 0 Å². The molecule has 0 amide bonds. The fourth-order valence-electron chi connectivity index (χ4n) is 2.42. The predicted octanol–water partition coefficient (Wildman–Crippen LogP) is 1.94. The van der Waals surface area contributed by atoms with Gasteiger partial charge in [-0.1, -0.05) is 11.6 Å². The molecule has 9 nitrogen and oxygen atoms in total. The van der Waals surface area contributed by atoms with Gasteiger partial charge in [0.05, 0.1) is 17.3 Å². The van der Waals surface area contributed by atoms with Crippen molar-refractivity contribution in [2.24, 2.45) is 5.10 Å². The van der Waals surface area contributed by atoms with Crippen LogP contribution in [-0.4, -0.2) is 49.5 Å². The SMILES string of the molecule is CCOC(=O)C1CC(Cn2nnc(C(F)(F)F)n2)=NN1c1ncccc1Cl. The standard InChI is InChI=1S/C14H13ClF3N7O2/c1-2-27-12(26)10-6-8(7-24-22-13(20-23-24)14(16,17)18)21-25(10)11-9(15)4-3-5-19-11/h3-5,10H,2,6-7H2,1H3. The average Bonchev–Trinajstić information content (AvgIpc) is 3.23. The highest BCUT2D eigenvalue weighted by atomic mass is 35.5. The van der Waals surface area contributed by atoms with Gasteiger partial charge in [-0.2, -0.15) is 23.1 Å². The van der Waals surface area contributed by atoms with E-state index in [9.17, 15) is 18.0 Å². The number of rotatable bonds is 5. The molecule has 3 rings (SSSR count). The second-order valence-electron chi connectivity index (χ2n) is 5.43. The molecule has 0 saturated heterocycles. The molecule has 13 heteroatoms. The number of aromatic nitrogens is 5. The number of hydrazone groups is 1. The second kappa shape index (κ2) is 7.47. The smallest absolute Gasteiger partial charge is 0.455 e. The molecular formula is C14H13ClF3N7O2. The summed E-state index contributed by atoms with van der Waals surface area (Å²) in [5.41, 5.74) is 0.348. The summed E-state index contributed by atoms with van der Waals surface area (Å²) in [5.74, 6) is -1.68. The van der Waals surface area contributed by atoms with Crippen molar-refractivity contribution in [1.29, 1.82) is 0 Å². The Balaban J connectivity index is 1.85. The quantitative estimate of drug-likeness (QED) is 0.703. The van der Waals surface area contributed by atoms with Gasteiger partial charge in [0.15, 0.2) is 11.9 Å². The summed E-state index contributed by atoms with van der Waals surface area (Å²) in [5, 5.41) is 15.4. The Morgan fingerprint density at radius 3 is 2.85 bits per heavy atom. The van der Waals surface area contributed by atoms with E-state index in [-0.39, 0.29) is 30.4 Å². The Morgan fingerprint density at radius 2 is 2.22 bits per heavy atom. The number of carbonyl (C=O) groups is 1. The van der Waals surface area contributed by atoms with Crippen LogP contribution in [0, 0.1) is 0 Å². The largest absolute Gasteiger partial charge is 0.464 e. The van der Waals surface area contributed by atoms with E-state index in [0.717, 1.165) is 4.80 Å². The Hall–Kier alpha value is -2.76. The van der Waals surface area contributed by atoms with E-state index < -0.39 is 24.0 Å². The van der Waals surface area contributed by atoms with Gasteiger partial charge in [0, 0.05) is 12.6 Å². The summed E-state index contributed by atoms with van der Waals surface area (Å²) in [6.07, 6.45) is -3.13. The molecule has 2 aromatic rings. The zero-order chi connectivity index (χ0) is 19.6. The van der Waals surface area contributed by atoms with E-state index in [2.05, 4.69) is 25.5 Å². The van der Waals surface area contributed by atoms with Crippen LogP contribution in [0.4, 0.5) is 19.0 Å². The lowest BCUT2D eigenvalue weighted by atomic mass is 10.1. The molecular weight excluding hydrogens is 391 g/mol. The molecule has 0 fully saturated rings. The molecule has 1 unspecified atom stereocenters. The summed E-state index contributed by atoms with van der Waals surface area (Å²) >= 11 is 6.12. The number of hydrogen-bond donors (Lipinski definition) is 0. The van der Waals surface area contributed by atoms with E-state index in [1.54, 1.807) is 19.1 Å². The number of tetrazole rings is 1. The molecule has 0 spiro atoms. The van der Waals surface area contributed by atoms with Crippen molar-refractivity contribution >= 4 is 29.1 Å². The molecule has 1 atom stereocenters. The van der Waals surface area contributed by atoms with Gasteiger partial charge in [-0.3, -0.25) is 0 Å². The highest BCUT2D eigenvalue weighted by Gasteiger charge is 2.38. The molecule has 1 aliphatic heterocycles. The van der Waals surface area contributed by atoms with Gasteiger partial charge in [-0.15, -0.1) is 10.2 Å². The first kappa shape index (κ1) is 19.0. The molecule has 1 aliphatic rings. The summed E-state index contributed by atoms with van der Waals surface area (Å²) in [4.78, 5) is 17.1. The summed E-state index contributed by atoms with van der Waals surface area (Å²) in [6.45, 7) is 1.64. The molecule has 27 heavy (non-hydrogen) atoms. The first-order valence-electron chi connectivity index (χ1n) is 7.77. The topological polar surface area (TPSA) is 98.4 Å². The Bertz CT molecular complexity index is 870. The van der Waals surface area contributed by atoms with Crippen molar-refractivity contribution in [3.8, 4) is 0 Å². The lowest BCUT2D eigenvalue weighted by Crippen LogP contribution is -2.36. The molecule has 0 saturated carbocycles. The lowest BCUT2D eigenvalue weighted by Gasteiger charge is -2.21. The van der Waals surface area contributed by atoms with Crippen molar-refractivity contribution < 1.29 is 22.7 Å². The second-order valence-corrected chi connectivity index (χ2v) is 5.84. The molecule has 0 aliphatic carbocycles. The van der Waals surface area contributed by atoms with Gasteiger partial charge in [0.1, 0.15) is 6.54 Å². The van der Waals surface area contributed by atoms with Crippen LogP contribution in [0.2, 0.25) is 5.02 Å². The van der Waals surface area contributed by atoms with Crippen molar-refractivity contribution in [1.82, 2.24) is 25.2 Å². The number of pyridine rings is 1. The fourth-order valence-corrected chi connectivity index (χ4v) is 2.63. The van der Waals surface area contributed by atoms with Crippen LogP contribution < -0.4 is 5.01 Å². The Morgan fingerprint density at radius 1 is 1.44 bits per heavy atom. The first-order valence-corrected chi connectivity index (χ1v) is 8.15. The summed E-state index contributed by atoms with van der Waals surface area (Å²) in [7, 11) is 0. The summed E-state index contributed by atoms with van der Waals surface area (Å²) < 4.78 is 42.8. The zero-order valence-corrected chi connectivity index (χ0v) is 14.6. The lowest BCUT2D eigenvalue weighted by molar-refractivity contribution is -0.145. The molecule has 0 N–H and O–H groups in total. The van der Waals surface area contributed by atoms with Crippen LogP contribution in [0.3, 0.4) is 0 Å².